The molecule has 1 aromatic rings. The summed E-state index contributed by atoms with van der Waals surface area (Å²) in [5, 5.41) is 13.0. The van der Waals surface area contributed by atoms with Gasteiger partial charge in [-0.05, 0) is 30.9 Å². The Morgan fingerprint density at radius 2 is 2.21 bits per heavy atom. The van der Waals surface area contributed by atoms with Crippen LogP contribution in [0.4, 0.5) is 5.69 Å². The zero-order chi connectivity index (χ0) is 13.2. The van der Waals surface area contributed by atoms with Crippen LogP contribution >= 0.6 is 0 Å². The highest BCUT2D eigenvalue weighted by Crippen LogP contribution is 2.26. The molecule has 3 rings (SSSR count). The van der Waals surface area contributed by atoms with Gasteiger partial charge in [-0.25, -0.2) is 0 Å². The largest absolute Gasteiger partial charge is 0.391 e. The van der Waals surface area contributed by atoms with Crippen LogP contribution in [0.25, 0.3) is 0 Å². The lowest BCUT2D eigenvalue weighted by Gasteiger charge is -2.34. The van der Waals surface area contributed by atoms with Crippen LogP contribution in [0, 0.1) is 5.92 Å². The van der Waals surface area contributed by atoms with Crippen molar-refractivity contribution in [2.45, 2.75) is 25.4 Å². The molecule has 4 nitrogen and oxygen atoms in total. The number of amides is 1. The lowest BCUT2D eigenvalue weighted by Crippen LogP contribution is -2.47. The highest BCUT2D eigenvalue weighted by Gasteiger charge is 2.30. The van der Waals surface area contributed by atoms with Crippen molar-refractivity contribution < 1.29 is 9.90 Å². The number of piperidine rings is 1. The Balaban J connectivity index is 1.69. The number of carbonyl (C=O) groups excluding carboxylic acids is 1. The number of carbonyl (C=O) groups is 1. The molecule has 4 heteroatoms. The summed E-state index contributed by atoms with van der Waals surface area (Å²) in [7, 11) is 0. The monoisotopic (exact) mass is 260 g/mol. The Morgan fingerprint density at radius 3 is 3.05 bits per heavy atom. The van der Waals surface area contributed by atoms with E-state index in [0.717, 1.165) is 31.5 Å². The van der Waals surface area contributed by atoms with Crippen LogP contribution in [0.1, 0.15) is 18.4 Å². The SMILES string of the molecule is O=C(C1CNc2ccccc2C1)N1CCC[C@H](O)C1. The first-order valence-corrected chi connectivity index (χ1v) is 7.02. The van der Waals surface area contributed by atoms with Crippen molar-refractivity contribution in [1.82, 2.24) is 4.90 Å². The standard InChI is InChI=1S/C15H20N2O2/c18-13-5-3-7-17(10-13)15(19)12-8-11-4-1-2-6-14(11)16-9-12/h1-2,4,6,12-13,16,18H,3,5,7-10H2/t12?,13-/m0/s1. The van der Waals surface area contributed by atoms with E-state index in [1.165, 1.54) is 5.56 Å². The normalized spacial score (nSPS) is 26.5. The summed E-state index contributed by atoms with van der Waals surface area (Å²) in [4.78, 5) is 14.3. The number of aliphatic hydroxyl groups is 1. The molecule has 2 heterocycles. The zero-order valence-corrected chi connectivity index (χ0v) is 11.0. The average Bonchev–Trinajstić information content (AvgIpc) is 2.46. The van der Waals surface area contributed by atoms with E-state index in [0.29, 0.717) is 13.1 Å². The fourth-order valence-corrected chi connectivity index (χ4v) is 3.03. The van der Waals surface area contributed by atoms with Gasteiger partial charge in [0.2, 0.25) is 5.91 Å². The van der Waals surface area contributed by atoms with Crippen LogP contribution in [0.3, 0.4) is 0 Å². The molecule has 0 aliphatic carbocycles. The van der Waals surface area contributed by atoms with E-state index in [4.69, 9.17) is 0 Å². The Labute approximate surface area is 113 Å². The molecule has 0 radical (unpaired) electrons. The summed E-state index contributed by atoms with van der Waals surface area (Å²) >= 11 is 0. The van der Waals surface area contributed by atoms with Gasteiger partial charge in [-0.15, -0.1) is 0 Å². The lowest BCUT2D eigenvalue weighted by atomic mass is 9.92. The number of nitrogens with zero attached hydrogens (tertiary/aromatic N) is 1. The topological polar surface area (TPSA) is 52.6 Å². The molecule has 2 atom stereocenters. The summed E-state index contributed by atoms with van der Waals surface area (Å²) in [6.07, 6.45) is 2.18. The maximum Gasteiger partial charge on any atom is 0.227 e. The minimum atomic E-state index is -0.346. The number of rotatable bonds is 1. The minimum absolute atomic E-state index is 0.000185. The Bertz CT molecular complexity index is 475. The number of fused-ring (bicyclic) bond motifs is 1. The van der Waals surface area contributed by atoms with Gasteiger partial charge in [0.15, 0.2) is 0 Å². The number of benzene rings is 1. The molecule has 1 unspecified atom stereocenters. The molecule has 19 heavy (non-hydrogen) atoms. The molecule has 2 aliphatic heterocycles. The van der Waals surface area contributed by atoms with Crippen molar-refractivity contribution >= 4 is 11.6 Å². The second-order valence-corrected chi connectivity index (χ2v) is 5.52. The molecule has 0 spiro atoms. The van der Waals surface area contributed by atoms with Crippen molar-refractivity contribution in [3.05, 3.63) is 29.8 Å². The summed E-state index contributed by atoms with van der Waals surface area (Å²) in [6, 6.07) is 8.15. The third kappa shape index (κ3) is 2.59. The Hall–Kier alpha value is -1.55. The number of likely N-dealkylation sites (tertiary alicyclic amines) is 1. The third-order valence-corrected chi connectivity index (χ3v) is 4.08. The average molecular weight is 260 g/mol. The second kappa shape index (κ2) is 5.21. The minimum Gasteiger partial charge on any atom is -0.391 e. The molecule has 1 saturated heterocycles. The van der Waals surface area contributed by atoms with Gasteiger partial charge >= 0.3 is 0 Å². The van der Waals surface area contributed by atoms with E-state index in [1.54, 1.807) is 0 Å². The summed E-state index contributed by atoms with van der Waals surface area (Å²) < 4.78 is 0. The van der Waals surface area contributed by atoms with Crippen molar-refractivity contribution in [3.63, 3.8) is 0 Å². The van der Waals surface area contributed by atoms with Gasteiger partial charge in [0.1, 0.15) is 0 Å². The maximum atomic E-state index is 12.5. The highest BCUT2D eigenvalue weighted by atomic mass is 16.3. The third-order valence-electron chi connectivity index (χ3n) is 4.08. The first-order chi connectivity index (χ1) is 9.24. The van der Waals surface area contributed by atoms with Crippen molar-refractivity contribution in [1.29, 1.82) is 0 Å². The highest BCUT2D eigenvalue weighted by molar-refractivity contribution is 5.81. The van der Waals surface area contributed by atoms with Crippen molar-refractivity contribution in [3.8, 4) is 0 Å². The predicted molar refractivity (Wildman–Crippen MR) is 73.9 cm³/mol. The van der Waals surface area contributed by atoms with Crippen LogP contribution in [-0.2, 0) is 11.2 Å². The molecule has 0 aromatic heterocycles. The number of para-hydroxylation sites is 1. The van der Waals surface area contributed by atoms with Crippen LogP contribution in [0.15, 0.2) is 24.3 Å². The molecule has 2 aliphatic rings. The summed E-state index contributed by atoms with van der Waals surface area (Å²) in [6.45, 7) is 1.98. The van der Waals surface area contributed by atoms with Crippen LogP contribution in [0.5, 0.6) is 0 Å². The molecule has 1 fully saturated rings. The molecule has 0 saturated carbocycles. The number of β-amino-alcohol motifs (C(OH)–C–C–N with tert-alkyl or cyclic N) is 1. The molecule has 1 aromatic carbocycles. The van der Waals surface area contributed by atoms with Gasteiger partial charge in [-0.2, -0.15) is 0 Å². The van der Waals surface area contributed by atoms with E-state index in [1.807, 2.05) is 17.0 Å². The molecule has 1 amide bonds. The Morgan fingerprint density at radius 1 is 1.37 bits per heavy atom. The quantitative estimate of drug-likeness (QED) is 0.799. The summed E-state index contributed by atoms with van der Waals surface area (Å²) in [5.41, 5.74) is 2.36. The number of nitrogens with one attached hydrogen (secondary N) is 1. The van der Waals surface area contributed by atoms with Crippen LogP contribution in [-0.4, -0.2) is 41.7 Å². The first kappa shape index (κ1) is 12.5. The van der Waals surface area contributed by atoms with Crippen LogP contribution in [0.2, 0.25) is 0 Å². The van der Waals surface area contributed by atoms with E-state index in [-0.39, 0.29) is 17.9 Å². The molecule has 2 N–H and O–H groups in total. The fraction of sp³-hybridized carbons (Fsp3) is 0.533. The summed E-state index contributed by atoms with van der Waals surface area (Å²) in [5.74, 6) is 0.181. The predicted octanol–water partition coefficient (Wildman–Crippen LogP) is 1.25. The van der Waals surface area contributed by atoms with Crippen molar-refractivity contribution in [2.24, 2.45) is 5.92 Å². The van der Waals surface area contributed by atoms with E-state index in [2.05, 4.69) is 17.4 Å². The van der Waals surface area contributed by atoms with E-state index >= 15 is 0 Å². The first-order valence-electron chi connectivity index (χ1n) is 7.02. The number of anilines is 1. The van der Waals surface area contributed by atoms with Crippen LogP contribution < -0.4 is 5.32 Å². The molecule has 102 valence electrons. The van der Waals surface area contributed by atoms with E-state index in [9.17, 15) is 9.90 Å². The van der Waals surface area contributed by atoms with Gasteiger partial charge in [0, 0.05) is 25.3 Å². The molecular formula is C15H20N2O2. The van der Waals surface area contributed by atoms with Gasteiger partial charge < -0.3 is 15.3 Å². The molecular weight excluding hydrogens is 240 g/mol. The van der Waals surface area contributed by atoms with Gasteiger partial charge in [-0.3, -0.25) is 4.79 Å². The zero-order valence-electron chi connectivity index (χ0n) is 11.0. The number of hydrogen-bond acceptors (Lipinski definition) is 3. The second-order valence-electron chi connectivity index (χ2n) is 5.52. The maximum absolute atomic E-state index is 12.5. The fourth-order valence-electron chi connectivity index (χ4n) is 3.03. The van der Waals surface area contributed by atoms with Crippen molar-refractivity contribution in [2.75, 3.05) is 25.0 Å². The number of aliphatic hydroxyl groups excluding tert-OH is 1. The van der Waals surface area contributed by atoms with Gasteiger partial charge in [-0.1, -0.05) is 18.2 Å². The molecule has 0 bridgehead atoms. The number of hydrogen-bond donors (Lipinski definition) is 2. The smallest absolute Gasteiger partial charge is 0.227 e. The Kier molecular flexibility index (Phi) is 3.42. The van der Waals surface area contributed by atoms with Gasteiger partial charge in [0.05, 0.1) is 12.0 Å². The lowest BCUT2D eigenvalue weighted by molar-refractivity contribution is -0.138. The van der Waals surface area contributed by atoms with Gasteiger partial charge in [0.25, 0.3) is 0 Å². The van der Waals surface area contributed by atoms with E-state index < -0.39 is 0 Å².